The fourth-order valence-corrected chi connectivity index (χ4v) is 5.88. The number of H-pyrrole nitrogens is 1. The zero-order chi connectivity index (χ0) is 21.2. The van der Waals surface area contributed by atoms with Gasteiger partial charge in [-0.15, -0.1) is 0 Å². The minimum Gasteiger partial charge on any atom is -0.357 e. The number of hydrogen-bond donors (Lipinski definition) is 1. The summed E-state index contributed by atoms with van der Waals surface area (Å²) in [5, 5.41) is 1.27. The highest BCUT2D eigenvalue weighted by molar-refractivity contribution is 6.15. The average molecular weight is 409 g/mol. The fourth-order valence-electron chi connectivity index (χ4n) is 5.88. The number of para-hydroxylation sites is 1. The van der Waals surface area contributed by atoms with Crippen LogP contribution in [0.5, 0.6) is 0 Å². The maximum absolute atomic E-state index is 13.0. The first-order chi connectivity index (χ1) is 14.4. The number of nitrogens with one attached hydrogen (secondary N) is 1. The van der Waals surface area contributed by atoms with E-state index in [4.69, 9.17) is 0 Å². The zero-order valence-electron chi connectivity index (χ0n) is 17.7. The lowest BCUT2D eigenvalue weighted by atomic mass is 9.70. The molecule has 0 radical (unpaired) electrons. The number of hydrogen-bond acceptors (Lipinski definition) is 4. The highest BCUT2D eigenvalue weighted by atomic mass is 16.2. The molecule has 4 amide bonds. The third-order valence-electron chi connectivity index (χ3n) is 7.56. The summed E-state index contributed by atoms with van der Waals surface area (Å²) in [6.45, 7) is 4.00. The van der Waals surface area contributed by atoms with Crippen LogP contribution < -0.4 is 0 Å². The van der Waals surface area contributed by atoms with Crippen LogP contribution in [0.1, 0.15) is 37.1 Å². The Labute approximate surface area is 176 Å². The highest BCUT2D eigenvalue weighted by Crippen LogP contribution is 2.46. The molecule has 1 N–H and O–H groups in total. The lowest BCUT2D eigenvalue weighted by molar-refractivity contribution is -0.153. The van der Waals surface area contributed by atoms with Crippen molar-refractivity contribution < 1.29 is 14.4 Å². The van der Waals surface area contributed by atoms with E-state index in [-0.39, 0.29) is 29.7 Å². The Morgan fingerprint density at radius 2 is 1.77 bits per heavy atom. The molecule has 2 saturated heterocycles. The van der Waals surface area contributed by atoms with Crippen molar-refractivity contribution in [1.82, 2.24) is 19.7 Å². The Bertz CT molecular complexity index is 1020. The number of piperidine rings is 1. The van der Waals surface area contributed by atoms with E-state index < -0.39 is 11.9 Å². The number of barbiturate groups is 1. The molecule has 0 bridgehead atoms. The molecule has 30 heavy (non-hydrogen) atoms. The van der Waals surface area contributed by atoms with E-state index in [1.165, 1.54) is 30.7 Å². The normalized spacial score (nSPS) is 28.2. The van der Waals surface area contributed by atoms with Crippen molar-refractivity contribution in [3.8, 4) is 0 Å². The third-order valence-corrected chi connectivity index (χ3v) is 7.56. The molecule has 3 atom stereocenters. The number of carbonyl (C=O) groups excluding carboxylic acids is 3. The van der Waals surface area contributed by atoms with Crippen LogP contribution in [0.2, 0.25) is 0 Å². The second-order valence-corrected chi connectivity index (χ2v) is 8.95. The molecule has 3 aliphatic rings. The molecule has 0 aliphatic carbocycles. The molecule has 158 valence electrons. The monoisotopic (exact) mass is 408 g/mol. The number of aromatic amines is 1. The quantitative estimate of drug-likeness (QED) is 0.776. The smallest absolute Gasteiger partial charge is 0.332 e. The van der Waals surface area contributed by atoms with E-state index in [0.717, 1.165) is 47.7 Å². The Hall–Kier alpha value is -2.67. The number of fused-ring (bicyclic) bond motifs is 5. The van der Waals surface area contributed by atoms with Crippen molar-refractivity contribution in [1.29, 1.82) is 0 Å². The lowest BCUT2D eigenvalue weighted by Gasteiger charge is -2.49. The number of aromatic nitrogens is 1. The summed E-state index contributed by atoms with van der Waals surface area (Å²) in [5.74, 6) is -1.31. The summed E-state index contributed by atoms with van der Waals surface area (Å²) in [4.78, 5) is 46.7. The van der Waals surface area contributed by atoms with Gasteiger partial charge in [-0.2, -0.15) is 0 Å². The van der Waals surface area contributed by atoms with Gasteiger partial charge in [0.05, 0.1) is 6.04 Å². The van der Waals surface area contributed by atoms with E-state index in [1.807, 2.05) is 6.07 Å². The van der Waals surface area contributed by atoms with Gasteiger partial charge in [0.1, 0.15) is 5.92 Å². The van der Waals surface area contributed by atoms with Gasteiger partial charge in [0.2, 0.25) is 11.8 Å². The van der Waals surface area contributed by atoms with E-state index in [2.05, 4.69) is 35.0 Å². The van der Waals surface area contributed by atoms with Crippen LogP contribution in [-0.4, -0.2) is 64.7 Å². The van der Waals surface area contributed by atoms with Gasteiger partial charge >= 0.3 is 6.03 Å². The van der Waals surface area contributed by atoms with Crippen molar-refractivity contribution >= 4 is 28.7 Å². The molecule has 7 heteroatoms. The molecular formula is C23H28N4O3. The molecule has 3 aliphatic heterocycles. The summed E-state index contributed by atoms with van der Waals surface area (Å²) < 4.78 is 0. The van der Waals surface area contributed by atoms with Crippen molar-refractivity contribution in [2.75, 3.05) is 27.2 Å². The van der Waals surface area contributed by atoms with Gasteiger partial charge in [-0.05, 0) is 36.3 Å². The number of urea groups is 1. The zero-order valence-corrected chi connectivity index (χ0v) is 17.7. The number of benzene rings is 1. The maximum atomic E-state index is 13.0. The number of carbonyl (C=O) groups is 3. The SMILES string of the molecule is CC[C@@H]1CN2CCc3c([nH]c4ccccc34)[C@@H]2C[C@H]1C1C(=O)N(C)C(=O)N(C)C1=O. The van der Waals surface area contributed by atoms with E-state index in [9.17, 15) is 14.4 Å². The third kappa shape index (κ3) is 2.64. The molecule has 1 aromatic heterocycles. The van der Waals surface area contributed by atoms with E-state index >= 15 is 0 Å². The first-order valence-corrected chi connectivity index (χ1v) is 10.8. The van der Waals surface area contributed by atoms with E-state index in [0.29, 0.717) is 0 Å². The van der Waals surface area contributed by atoms with Gasteiger partial charge in [-0.1, -0.05) is 31.5 Å². The van der Waals surface area contributed by atoms with Crippen LogP contribution in [0.15, 0.2) is 24.3 Å². The minimum atomic E-state index is -0.778. The number of imide groups is 2. The van der Waals surface area contributed by atoms with Gasteiger partial charge in [-0.3, -0.25) is 24.3 Å². The molecule has 1 aromatic carbocycles. The van der Waals surface area contributed by atoms with Gasteiger partial charge in [0, 0.05) is 43.8 Å². The molecular weight excluding hydrogens is 380 g/mol. The summed E-state index contributed by atoms with van der Waals surface area (Å²) in [6.07, 6.45) is 2.67. The average Bonchev–Trinajstić information content (AvgIpc) is 3.15. The van der Waals surface area contributed by atoms with Gasteiger partial charge in [0.15, 0.2) is 0 Å². The van der Waals surface area contributed by atoms with Gasteiger partial charge in [0.25, 0.3) is 0 Å². The molecule has 2 fully saturated rings. The summed E-state index contributed by atoms with van der Waals surface area (Å²) in [5.41, 5.74) is 3.75. The summed E-state index contributed by atoms with van der Waals surface area (Å²) >= 11 is 0. The highest BCUT2D eigenvalue weighted by Gasteiger charge is 2.51. The predicted octanol–water partition coefficient (Wildman–Crippen LogP) is 2.78. The second-order valence-electron chi connectivity index (χ2n) is 8.95. The van der Waals surface area contributed by atoms with Crippen LogP contribution in [0, 0.1) is 17.8 Å². The maximum Gasteiger partial charge on any atom is 0.332 e. The summed E-state index contributed by atoms with van der Waals surface area (Å²) in [7, 11) is 2.96. The van der Waals surface area contributed by atoms with Crippen LogP contribution in [0.3, 0.4) is 0 Å². The molecule has 0 unspecified atom stereocenters. The van der Waals surface area contributed by atoms with Crippen LogP contribution in [-0.2, 0) is 16.0 Å². The first-order valence-electron chi connectivity index (χ1n) is 10.8. The molecule has 5 rings (SSSR count). The number of rotatable bonds is 2. The standard InChI is InChI=1S/C23H28N4O3/c1-4-13-12-27-10-9-15-14-7-5-6-8-17(14)24-20(15)18(27)11-16(13)19-21(28)25(2)23(30)26(3)22(19)29/h5-8,13,16,18-19,24H,4,9-12H2,1-3H3/t13-,16-,18+/m1/s1. The Balaban J connectivity index is 1.53. The molecule has 7 nitrogen and oxygen atoms in total. The number of nitrogens with zero attached hydrogens (tertiary/aromatic N) is 3. The lowest BCUT2D eigenvalue weighted by Crippen LogP contribution is -2.61. The van der Waals surface area contributed by atoms with Gasteiger partial charge < -0.3 is 4.98 Å². The Kier molecular flexibility index (Phi) is 4.47. The second kappa shape index (κ2) is 6.94. The van der Waals surface area contributed by atoms with Gasteiger partial charge in [-0.25, -0.2) is 4.79 Å². The Morgan fingerprint density at radius 1 is 1.07 bits per heavy atom. The predicted molar refractivity (Wildman–Crippen MR) is 113 cm³/mol. The minimum absolute atomic E-state index is 0.0772. The van der Waals surface area contributed by atoms with E-state index in [1.54, 1.807) is 0 Å². The first kappa shape index (κ1) is 19.3. The topological polar surface area (TPSA) is 76.7 Å². The molecule has 0 spiro atoms. The van der Waals surface area contributed by atoms with Crippen LogP contribution in [0.4, 0.5) is 4.79 Å². The van der Waals surface area contributed by atoms with Crippen molar-refractivity contribution in [3.05, 3.63) is 35.5 Å². The summed E-state index contributed by atoms with van der Waals surface area (Å²) in [6, 6.07) is 8.02. The molecule has 4 heterocycles. The number of amides is 4. The fraction of sp³-hybridized carbons (Fsp3) is 0.522. The Morgan fingerprint density at radius 3 is 2.47 bits per heavy atom. The molecule has 2 aromatic rings. The largest absolute Gasteiger partial charge is 0.357 e. The van der Waals surface area contributed by atoms with Crippen molar-refractivity contribution in [2.45, 2.75) is 32.2 Å². The van der Waals surface area contributed by atoms with Crippen molar-refractivity contribution in [3.63, 3.8) is 0 Å². The van der Waals surface area contributed by atoms with Crippen LogP contribution >= 0.6 is 0 Å². The van der Waals surface area contributed by atoms with Crippen molar-refractivity contribution in [2.24, 2.45) is 17.8 Å². The molecule has 0 saturated carbocycles. The van der Waals surface area contributed by atoms with Crippen LogP contribution in [0.25, 0.3) is 10.9 Å².